The number of piperidine rings is 1. The van der Waals surface area contributed by atoms with Crippen molar-refractivity contribution >= 4 is 6.16 Å². The summed E-state index contributed by atoms with van der Waals surface area (Å²) in [7, 11) is 0. The summed E-state index contributed by atoms with van der Waals surface area (Å²) >= 11 is 0. The van der Waals surface area contributed by atoms with E-state index in [-0.39, 0.29) is 12.2 Å². The summed E-state index contributed by atoms with van der Waals surface area (Å²) < 4.78 is 16.2. The molecule has 0 amide bonds. The highest BCUT2D eigenvalue weighted by Gasteiger charge is 2.25. The van der Waals surface area contributed by atoms with Crippen molar-refractivity contribution < 1.29 is 19.0 Å². The van der Waals surface area contributed by atoms with Gasteiger partial charge in [0.1, 0.15) is 6.10 Å². The van der Waals surface area contributed by atoms with Gasteiger partial charge in [-0.05, 0) is 52.5 Å². The number of carbonyl (C=O) groups excluding carboxylic acids is 1. The van der Waals surface area contributed by atoms with Gasteiger partial charge in [-0.3, -0.25) is 0 Å². The van der Waals surface area contributed by atoms with Crippen LogP contribution >= 0.6 is 0 Å². The van der Waals surface area contributed by atoms with Gasteiger partial charge >= 0.3 is 6.16 Å². The molecule has 5 nitrogen and oxygen atoms in total. The Bertz CT molecular complexity index is 372. The molecular weight excluding hydrogens is 294 g/mol. The zero-order chi connectivity index (χ0) is 17.2. The minimum atomic E-state index is -0.573. The van der Waals surface area contributed by atoms with E-state index in [0.717, 1.165) is 44.5 Å². The van der Waals surface area contributed by atoms with E-state index >= 15 is 0 Å². The van der Waals surface area contributed by atoms with Gasteiger partial charge in [0, 0.05) is 19.0 Å². The van der Waals surface area contributed by atoms with Crippen molar-refractivity contribution in [3.8, 4) is 0 Å². The van der Waals surface area contributed by atoms with Crippen LogP contribution in [0, 0.1) is 0 Å². The number of likely N-dealkylation sites (tertiary alicyclic amines) is 1. The van der Waals surface area contributed by atoms with Crippen molar-refractivity contribution in [2.75, 3.05) is 13.2 Å². The topological polar surface area (TPSA) is 48.0 Å². The summed E-state index contributed by atoms with van der Waals surface area (Å²) in [6, 6.07) is 0.316. The molecule has 5 heteroatoms. The average Bonchev–Trinajstić information content (AvgIpc) is 2.54. The Morgan fingerprint density at radius 2 is 1.83 bits per heavy atom. The average molecular weight is 327 g/mol. The first-order valence-corrected chi connectivity index (χ1v) is 8.93. The summed E-state index contributed by atoms with van der Waals surface area (Å²) in [4.78, 5) is 13.8. The number of ether oxygens (including phenoxy) is 3. The molecule has 0 N–H and O–H groups in total. The third-order valence-electron chi connectivity index (χ3n) is 4.40. The van der Waals surface area contributed by atoms with Crippen LogP contribution in [0.1, 0.15) is 66.2 Å². The Hall–Kier alpha value is -1.39. The van der Waals surface area contributed by atoms with Crippen LogP contribution in [0.4, 0.5) is 4.79 Å². The Morgan fingerprint density at radius 3 is 2.48 bits per heavy atom. The highest BCUT2D eigenvalue weighted by atomic mass is 16.7. The molecule has 3 atom stereocenters. The minimum Gasteiger partial charge on any atom is -0.477 e. The van der Waals surface area contributed by atoms with Crippen molar-refractivity contribution in [2.45, 2.75) is 84.5 Å². The van der Waals surface area contributed by atoms with Gasteiger partial charge in [-0.25, -0.2) is 4.79 Å². The molecule has 0 radical (unpaired) electrons. The number of hydrogen-bond acceptors (Lipinski definition) is 5. The standard InChI is InChI=1S/C18H33NO4/c1-6-14(3)22-16(5)19-12-9-8-10-17(19)11-13-21-18(20)23-15(4)7-2/h14-15,17H,5-13H2,1-4H3. The minimum absolute atomic E-state index is 0.0996. The smallest absolute Gasteiger partial charge is 0.477 e. The van der Waals surface area contributed by atoms with Crippen LogP contribution in [0.2, 0.25) is 0 Å². The first kappa shape index (κ1) is 19.7. The van der Waals surface area contributed by atoms with Crippen LogP contribution in [0.5, 0.6) is 0 Å². The van der Waals surface area contributed by atoms with Crippen LogP contribution in [0.25, 0.3) is 0 Å². The van der Waals surface area contributed by atoms with Gasteiger partial charge in [-0.15, -0.1) is 0 Å². The molecule has 1 aliphatic heterocycles. The van der Waals surface area contributed by atoms with E-state index in [2.05, 4.69) is 25.3 Å². The van der Waals surface area contributed by atoms with Crippen molar-refractivity contribution in [2.24, 2.45) is 0 Å². The second-order valence-corrected chi connectivity index (χ2v) is 6.30. The molecule has 1 rings (SSSR count). The maximum absolute atomic E-state index is 11.6. The number of carbonyl (C=O) groups is 1. The van der Waals surface area contributed by atoms with E-state index in [1.807, 2.05) is 13.8 Å². The molecule has 0 aromatic rings. The fourth-order valence-electron chi connectivity index (χ4n) is 2.57. The van der Waals surface area contributed by atoms with E-state index in [4.69, 9.17) is 14.2 Å². The van der Waals surface area contributed by atoms with E-state index < -0.39 is 6.16 Å². The molecule has 0 aromatic heterocycles. The fourth-order valence-corrected chi connectivity index (χ4v) is 2.57. The molecule has 23 heavy (non-hydrogen) atoms. The fraction of sp³-hybridized carbons (Fsp3) is 0.833. The second-order valence-electron chi connectivity index (χ2n) is 6.30. The Morgan fingerprint density at radius 1 is 1.17 bits per heavy atom. The molecule has 1 aliphatic rings. The predicted molar refractivity (Wildman–Crippen MR) is 91.1 cm³/mol. The lowest BCUT2D eigenvalue weighted by Crippen LogP contribution is -2.40. The van der Waals surface area contributed by atoms with E-state index in [1.165, 1.54) is 6.42 Å². The zero-order valence-electron chi connectivity index (χ0n) is 15.2. The summed E-state index contributed by atoms with van der Waals surface area (Å²) in [5.41, 5.74) is 0. The Kier molecular flexibility index (Phi) is 8.89. The van der Waals surface area contributed by atoms with Crippen LogP contribution in [-0.4, -0.2) is 42.5 Å². The van der Waals surface area contributed by atoms with Gasteiger partial charge in [0.2, 0.25) is 0 Å². The molecule has 0 spiro atoms. The summed E-state index contributed by atoms with van der Waals surface area (Å²) in [5, 5.41) is 0. The van der Waals surface area contributed by atoms with Crippen LogP contribution in [0.3, 0.4) is 0 Å². The third-order valence-corrected chi connectivity index (χ3v) is 4.40. The van der Waals surface area contributed by atoms with E-state index in [0.29, 0.717) is 12.6 Å². The first-order chi connectivity index (χ1) is 11.0. The largest absolute Gasteiger partial charge is 0.508 e. The molecule has 1 fully saturated rings. The maximum atomic E-state index is 11.6. The molecular formula is C18H33NO4. The number of rotatable bonds is 9. The van der Waals surface area contributed by atoms with Gasteiger partial charge in [0.05, 0.1) is 12.7 Å². The number of nitrogens with zero attached hydrogens (tertiary/aromatic N) is 1. The summed E-state index contributed by atoms with van der Waals surface area (Å²) in [5.74, 6) is 0.742. The Balaban J connectivity index is 2.40. The van der Waals surface area contributed by atoms with Crippen molar-refractivity contribution in [3.63, 3.8) is 0 Å². The molecule has 0 saturated carbocycles. The summed E-state index contributed by atoms with van der Waals surface area (Å²) in [6.45, 7) is 13.4. The third kappa shape index (κ3) is 7.14. The molecule has 0 aromatic carbocycles. The van der Waals surface area contributed by atoms with Crippen molar-refractivity contribution in [1.29, 1.82) is 0 Å². The molecule has 0 aliphatic carbocycles. The molecule has 3 unspecified atom stereocenters. The second kappa shape index (κ2) is 10.4. The van der Waals surface area contributed by atoms with E-state index in [9.17, 15) is 4.79 Å². The molecule has 134 valence electrons. The lowest BCUT2D eigenvalue weighted by molar-refractivity contribution is 0.00730. The SMILES string of the molecule is C=C(OC(C)CC)N1CCCCC1CCOC(=O)OC(C)CC. The quantitative estimate of drug-likeness (QED) is 0.462. The Labute approximate surface area is 141 Å². The van der Waals surface area contributed by atoms with E-state index in [1.54, 1.807) is 0 Å². The van der Waals surface area contributed by atoms with Gasteiger partial charge in [0.15, 0.2) is 5.88 Å². The zero-order valence-corrected chi connectivity index (χ0v) is 15.2. The highest BCUT2D eigenvalue weighted by Crippen LogP contribution is 2.24. The highest BCUT2D eigenvalue weighted by molar-refractivity contribution is 5.60. The van der Waals surface area contributed by atoms with Gasteiger partial charge in [0.25, 0.3) is 0 Å². The number of hydrogen-bond donors (Lipinski definition) is 0. The van der Waals surface area contributed by atoms with Gasteiger partial charge in [-0.1, -0.05) is 13.8 Å². The first-order valence-electron chi connectivity index (χ1n) is 8.93. The van der Waals surface area contributed by atoms with Crippen LogP contribution < -0.4 is 0 Å². The lowest BCUT2D eigenvalue weighted by atomic mass is 10.00. The molecule has 0 bridgehead atoms. The molecule has 1 saturated heterocycles. The van der Waals surface area contributed by atoms with Crippen molar-refractivity contribution in [3.05, 3.63) is 12.5 Å². The van der Waals surface area contributed by atoms with Crippen LogP contribution in [-0.2, 0) is 14.2 Å². The lowest BCUT2D eigenvalue weighted by Gasteiger charge is -2.38. The summed E-state index contributed by atoms with van der Waals surface area (Å²) in [6.07, 6.45) is 5.44. The van der Waals surface area contributed by atoms with Crippen molar-refractivity contribution in [1.82, 2.24) is 4.90 Å². The monoisotopic (exact) mass is 327 g/mol. The van der Waals surface area contributed by atoms with Gasteiger partial charge in [-0.2, -0.15) is 0 Å². The maximum Gasteiger partial charge on any atom is 0.508 e. The van der Waals surface area contributed by atoms with Crippen LogP contribution in [0.15, 0.2) is 12.5 Å². The predicted octanol–water partition coefficient (Wildman–Crippen LogP) is 4.47. The molecule has 1 heterocycles. The van der Waals surface area contributed by atoms with Gasteiger partial charge < -0.3 is 19.1 Å². The normalized spacial score (nSPS) is 20.5.